The summed E-state index contributed by atoms with van der Waals surface area (Å²) in [7, 11) is -3.72. The van der Waals surface area contributed by atoms with Crippen molar-refractivity contribution in [2.75, 3.05) is 25.0 Å². The minimum absolute atomic E-state index is 0.0334. The van der Waals surface area contributed by atoms with Crippen molar-refractivity contribution in [3.05, 3.63) is 58.9 Å². The molecule has 0 aliphatic heterocycles. The number of amides is 1. The van der Waals surface area contributed by atoms with Crippen LogP contribution in [0, 0.1) is 5.82 Å². The summed E-state index contributed by atoms with van der Waals surface area (Å²) in [5, 5.41) is 2.76. The quantitative estimate of drug-likeness (QED) is 0.563. The first-order valence-corrected chi connectivity index (χ1v) is 11.3. The van der Waals surface area contributed by atoms with Crippen LogP contribution in [0.5, 0.6) is 5.75 Å². The Morgan fingerprint density at radius 1 is 1.20 bits per heavy atom. The van der Waals surface area contributed by atoms with Crippen molar-refractivity contribution >= 4 is 39.3 Å². The van der Waals surface area contributed by atoms with E-state index in [4.69, 9.17) is 16.3 Å². The molecule has 2 aromatic rings. The maximum atomic E-state index is 13.9. The monoisotopic (exact) mass is 454 g/mol. The summed E-state index contributed by atoms with van der Waals surface area (Å²) in [6.07, 6.45) is 2.37. The number of carbonyl (C=O) groups is 1. The summed E-state index contributed by atoms with van der Waals surface area (Å²) >= 11 is 5.95. The number of anilines is 1. The maximum Gasteiger partial charge on any atom is 0.248 e. The van der Waals surface area contributed by atoms with Gasteiger partial charge in [0, 0.05) is 24.7 Å². The molecule has 30 heavy (non-hydrogen) atoms. The van der Waals surface area contributed by atoms with Crippen LogP contribution >= 0.6 is 11.6 Å². The minimum atomic E-state index is -3.72. The largest absolute Gasteiger partial charge is 0.492 e. The number of hydrogen-bond donors (Lipinski definition) is 1. The first-order chi connectivity index (χ1) is 14.2. The van der Waals surface area contributed by atoms with Crippen LogP contribution in [0.4, 0.5) is 10.1 Å². The Morgan fingerprint density at radius 2 is 1.90 bits per heavy atom. The van der Waals surface area contributed by atoms with Gasteiger partial charge in [0.25, 0.3) is 0 Å². The summed E-state index contributed by atoms with van der Waals surface area (Å²) in [4.78, 5) is 12.4. The molecule has 1 amide bonds. The van der Waals surface area contributed by atoms with E-state index in [-0.39, 0.29) is 21.2 Å². The number of rotatable bonds is 9. The lowest BCUT2D eigenvalue weighted by Crippen LogP contribution is -2.30. The first kappa shape index (κ1) is 23.9. The van der Waals surface area contributed by atoms with E-state index in [0.29, 0.717) is 25.4 Å². The first-order valence-electron chi connectivity index (χ1n) is 9.44. The molecule has 0 aliphatic carbocycles. The molecule has 0 radical (unpaired) electrons. The number of hydrogen-bond acceptors (Lipinski definition) is 4. The van der Waals surface area contributed by atoms with Crippen molar-refractivity contribution in [1.29, 1.82) is 0 Å². The van der Waals surface area contributed by atoms with Crippen LogP contribution in [0.2, 0.25) is 5.02 Å². The fraction of sp³-hybridized carbons (Fsp3) is 0.286. The van der Waals surface area contributed by atoms with Crippen molar-refractivity contribution in [2.24, 2.45) is 0 Å². The molecule has 9 heteroatoms. The van der Waals surface area contributed by atoms with E-state index in [1.54, 1.807) is 20.8 Å². The number of benzene rings is 2. The Kier molecular flexibility index (Phi) is 8.40. The van der Waals surface area contributed by atoms with Crippen LogP contribution in [0.3, 0.4) is 0 Å². The van der Waals surface area contributed by atoms with Gasteiger partial charge < -0.3 is 10.1 Å². The smallest absolute Gasteiger partial charge is 0.248 e. The zero-order valence-corrected chi connectivity index (χ0v) is 18.6. The number of sulfonamides is 1. The van der Waals surface area contributed by atoms with Gasteiger partial charge in [-0.25, -0.2) is 12.8 Å². The van der Waals surface area contributed by atoms with Gasteiger partial charge in [-0.15, -0.1) is 0 Å². The van der Waals surface area contributed by atoms with Crippen LogP contribution in [-0.4, -0.2) is 38.3 Å². The number of nitrogens with one attached hydrogen (secondary N) is 1. The van der Waals surface area contributed by atoms with E-state index >= 15 is 0 Å². The van der Waals surface area contributed by atoms with Crippen LogP contribution in [0.15, 0.2) is 47.4 Å². The molecular formula is C21H24ClFN2O4S. The third kappa shape index (κ3) is 5.59. The van der Waals surface area contributed by atoms with Gasteiger partial charge in [-0.3, -0.25) is 4.79 Å². The van der Waals surface area contributed by atoms with Crippen LogP contribution in [0.25, 0.3) is 6.08 Å². The van der Waals surface area contributed by atoms with E-state index in [0.717, 1.165) is 6.08 Å². The van der Waals surface area contributed by atoms with Crippen molar-refractivity contribution in [1.82, 2.24) is 4.31 Å². The molecule has 162 valence electrons. The Hall–Kier alpha value is -2.42. The standard InChI is InChI=1S/C21H24ClFN2O4S/c1-4-25(5-2)30(27,28)15-10-12-20(29-6-3)19(14-15)24-21(26)13-11-16-17(22)8-7-9-18(16)23/h7-14H,4-6H2,1-3H3,(H,24,26)/b13-11+. The average Bonchev–Trinajstić information content (AvgIpc) is 2.69. The van der Waals surface area contributed by atoms with Gasteiger partial charge in [-0.05, 0) is 43.3 Å². The summed E-state index contributed by atoms with van der Waals surface area (Å²) in [6.45, 7) is 6.23. The van der Waals surface area contributed by atoms with Gasteiger partial charge in [-0.1, -0.05) is 31.5 Å². The molecule has 2 aromatic carbocycles. The third-order valence-electron chi connectivity index (χ3n) is 4.25. The molecule has 1 N–H and O–H groups in total. The number of carbonyl (C=O) groups excluding carboxylic acids is 1. The lowest BCUT2D eigenvalue weighted by molar-refractivity contribution is -0.111. The highest BCUT2D eigenvalue weighted by molar-refractivity contribution is 7.89. The molecule has 0 saturated carbocycles. The highest BCUT2D eigenvalue weighted by atomic mass is 35.5. The molecule has 6 nitrogen and oxygen atoms in total. The van der Waals surface area contributed by atoms with Crippen LogP contribution < -0.4 is 10.1 Å². The second-order valence-corrected chi connectivity index (χ2v) is 8.48. The van der Waals surface area contributed by atoms with Crippen molar-refractivity contribution < 1.29 is 22.3 Å². The Balaban J connectivity index is 2.35. The molecule has 0 atom stereocenters. The zero-order valence-electron chi connectivity index (χ0n) is 17.0. The van der Waals surface area contributed by atoms with E-state index in [1.807, 2.05) is 0 Å². The second-order valence-electron chi connectivity index (χ2n) is 6.14. The number of ether oxygens (including phenoxy) is 1. The highest BCUT2D eigenvalue weighted by Gasteiger charge is 2.23. The summed E-state index contributed by atoms with van der Waals surface area (Å²) < 4.78 is 46.2. The molecule has 0 aliphatic rings. The van der Waals surface area contributed by atoms with Crippen molar-refractivity contribution in [3.8, 4) is 5.75 Å². The SMILES string of the molecule is CCOc1ccc(S(=O)(=O)N(CC)CC)cc1NC(=O)/C=C/c1c(F)cccc1Cl. The molecule has 0 bridgehead atoms. The van der Waals surface area contributed by atoms with Gasteiger partial charge in [0.1, 0.15) is 11.6 Å². The Bertz CT molecular complexity index is 1020. The lowest BCUT2D eigenvalue weighted by atomic mass is 10.2. The van der Waals surface area contributed by atoms with E-state index in [2.05, 4.69) is 5.32 Å². The third-order valence-corrected chi connectivity index (χ3v) is 6.63. The predicted octanol–water partition coefficient (Wildman–Crippen LogP) is 4.56. The Morgan fingerprint density at radius 3 is 2.50 bits per heavy atom. The molecule has 0 heterocycles. The van der Waals surface area contributed by atoms with E-state index in [9.17, 15) is 17.6 Å². The van der Waals surface area contributed by atoms with Crippen LogP contribution in [0.1, 0.15) is 26.3 Å². The predicted molar refractivity (Wildman–Crippen MR) is 117 cm³/mol. The minimum Gasteiger partial charge on any atom is -0.492 e. The molecule has 0 spiro atoms. The summed E-state index contributed by atoms with van der Waals surface area (Å²) in [6, 6.07) is 8.48. The van der Waals surface area contributed by atoms with Crippen molar-refractivity contribution in [2.45, 2.75) is 25.7 Å². The molecule has 0 unspecified atom stereocenters. The Labute approximate surface area is 181 Å². The van der Waals surface area contributed by atoms with Crippen LogP contribution in [-0.2, 0) is 14.8 Å². The molecule has 0 aromatic heterocycles. The topological polar surface area (TPSA) is 75.7 Å². The van der Waals surface area contributed by atoms with Crippen molar-refractivity contribution in [3.63, 3.8) is 0 Å². The average molecular weight is 455 g/mol. The number of nitrogens with zero attached hydrogens (tertiary/aromatic N) is 1. The lowest BCUT2D eigenvalue weighted by Gasteiger charge is -2.19. The van der Waals surface area contributed by atoms with E-state index < -0.39 is 21.7 Å². The zero-order chi connectivity index (χ0) is 22.3. The summed E-state index contributed by atoms with van der Waals surface area (Å²) in [5.74, 6) is -0.830. The fourth-order valence-corrected chi connectivity index (χ4v) is 4.48. The van der Waals surface area contributed by atoms with Gasteiger partial charge in [0.15, 0.2) is 0 Å². The van der Waals surface area contributed by atoms with Gasteiger partial charge in [-0.2, -0.15) is 4.31 Å². The highest BCUT2D eigenvalue weighted by Crippen LogP contribution is 2.29. The molecule has 0 fully saturated rings. The van der Waals surface area contributed by atoms with Gasteiger partial charge in [0.2, 0.25) is 15.9 Å². The molecule has 0 saturated heterocycles. The number of halogens is 2. The van der Waals surface area contributed by atoms with Gasteiger partial charge in [0.05, 0.1) is 22.2 Å². The molecular weight excluding hydrogens is 431 g/mol. The molecule has 2 rings (SSSR count). The maximum absolute atomic E-state index is 13.9. The summed E-state index contributed by atoms with van der Waals surface area (Å²) in [5.41, 5.74) is 0.275. The normalized spacial score (nSPS) is 11.8. The fourth-order valence-electron chi connectivity index (χ4n) is 2.76. The van der Waals surface area contributed by atoms with E-state index in [1.165, 1.54) is 46.8 Å². The van der Waals surface area contributed by atoms with Gasteiger partial charge >= 0.3 is 0 Å². The second kappa shape index (κ2) is 10.6.